The summed E-state index contributed by atoms with van der Waals surface area (Å²) in [6.07, 6.45) is 6.49. The molecule has 1 aromatic carbocycles. The second-order valence-electron chi connectivity index (χ2n) is 6.92. The predicted molar refractivity (Wildman–Crippen MR) is 129 cm³/mol. The largest absolute Gasteiger partial charge is 0.493 e. The number of nitrogens with zero attached hydrogens (tertiary/aromatic N) is 6. The highest BCUT2D eigenvalue weighted by atomic mass is 32.1. The first-order valence-corrected chi connectivity index (χ1v) is 11.0. The first kappa shape index (κ1) is 21.4. The topological polar surface area (TPSA) is 121 Å². The van der Waals surface area contributed by atoms with Gasteiger partial charge in [-0.3, -0.25) is 9.55 Å². The molecule has 0 bridgehead atoms. The minimum atomic E-state index is 0.333. The summed E-state index contributed by atoms with van der Waals surface area (Å²) in [5.74, 6) is 2.85. The van der Waals surface area contributed by atoms with Crippen LogP contribution >= 0.6 is 11.3 Å². The van der Waals surface area contributed by atoms with Gasteiger partial charge in [-0.25, -0.2) is 9.97 Å². The van der Waals surface area contributed by atoms with Crippen molar-refractivity contribution in [3.8, 4) is 22.9 Å². The molecule has 0 amide bonds. The highest BCUT2D eigenvalue weighted by molar-refractivity contribution is 7.08. The maximum absolute atomic E-state index is 5.48. The number of rotatable bonds is 8. The molecule has 5 aromatic rings. The number of aromatic nitrogens is 6. The normalized spacial score (nSPS) is 10.8. The molecule has 0 aliphatic carbocycles. The van der Waals surface area contributed by atoms with Crippen molar-refractivity contribution >= 4 is 45.8 Å². The van der Waals surface area contributed by atoms with Crippen molar-refractivity contribution in [2.45, 2.75) is 0 Å². The zero-order valence-corrected chi connectivity index (χ0v) is 19.3. The van der Waals surface area contributed by atoms with E-state index in [-0.39, 0.29) is 0 Å². The van der Waals surface area contributed by atoms with Gasteiger partial charge in [-0.15, -0.1) is 0 Å². The number of ether oxygens (including phenoxy) is 3. The maximum Gasteiger partial charge on any atom is 0.232 e. The number of hydrogen-bond acceptors (Lipinski definition) is 11. The summed E-state index contributed by atoms with van der Waals surface area (Å²) in [7, 11) is 4.69. The molecule has 12 heteroatoms. The van der Waals surface area contributed by atoms with Gasteiger partial charge in [-0.2, -0.15) is 21.3 Å². The van der Waals surface area contributed by atoms with E-state index in [0.717, 1.165) is 5.69 Å². The van der Waals surface area contributed by atoms with Gasteiger partial charge >= 0.3 is 0 Å². The van der Waals surface area contributed by atoms with Gasteiger partial charge in [0.25, 0.3) is 0 Å². The van der Waals surface area contributed by atoms with Gasteiger partial charge in [0.2, 0.25) is 11.7 Å². The Bertz CT molecular complexity index is 1400. The summed E-state index contributed by atoms with van der Waals surface area (Å²) >= 11 is 1.59. The van der Waals surface area contributed by atoms with Crippen LogP contribution in [0.15, 0.2) is 53.9 Å². The molecular formula is C22H20N8O3S. The van der Waals surface area contributed by atoms with E-state index >= 15 is 0 Å². The molecule has 34 heavy (non-hydrogen) atoms. The zero-order chi connectivity index (χ0) is 23.5. The number of anilines is 4. The second-order valence-corrected chi connectivity index (χ2v) is 7.70. The van der Waals surface area contributed by atoms with E-state index < -0.39 is 0 Å². The molecule has 0 saturated carbocycles. The van der Waals surface area contributed by atoms with Crippen LogP contribution in [0.5, 0.6) is 17.2 Å². The van der Waals surface area contributed by atoms with Crippen LogP contribution < -0.4 is 24.8 Å². The van der Waals surface area contributed by atoms with Crippen molar-refractivity contribution in [1.29, 1.82) is 0 Å². The monoisotopic (exact) mass is 476 g/mol. The Kier molecular flexibility index (Phi) is 5.79. The second kappa shape index (κ2) is 9.19. The molecule has 4 aromatic heterocycles. The van der Waals surface area contributed by atoms with Gasteiger partial charge in [0.05, 0.1) is 33.2 Å². The molecule has 0 aliphatic rings. The fourth-order valence-electron chi connectivity index (χ4n) is 3.39. The van der Waals surface area contributed by atoms with E-state index in [1.165, 1.54) is 0 Å². The van der Waals surface area contributed by atoms with E-state index in [0.29, 0.717) is 51.7 Å². The number of methoxy groups -OCH3 is 3. The third kappa shape index (κ3) is 4.01. The Morgan fingerprint density at radius 3 is 2.41 bits per heavy atom. The highest BCUT2D eigenvalue weighted by Gasteiger charge is 2.18. The van der Waals surface area contributed by atoms with Crippen LogP contribution in [0, 0.1) is 0 Å². The minimum absolute atomic E-state index is 0.333. The van der Waals surface area contributed by atoms with Gasteiger partial charge in [-0.05, 0) is 11.4 Å². The Hall–Kier alpha value is -4.45. The van der Waals surface area contributed by atoms with Gasteiger partial charge in [0.15, 0.2) is 34.3 Å². The van der Waals surface area contributed by atoms with E-state index in [9.17, 15) is 0 Å². The number of imidazole rings is 1. The Balaban J connectivity index is 1.62. The molecule has 11 nitrogen and oxygen atoms in total. The van der Waals surface area contributed by atoms with E-state index in [1.807, 2.05) is 21.4 Å². The summed E-state index contributed by atoms with van der Waals surface area (Å²) in [5.41, 5.74) is 2.83. The fourth-order valence-corrected chi connectivity index (χ4v) is 4.02. The van der Waals surface area contributed by atoms with Crippen molar-refractivity contribution in [2.24, 2.45) is 0 Å². The van der Waals surface area contributed by atoms with Crippen molar-refractivity contribution in [1.82, 2.24) is 29.5 Å². The molecule has 0 atom stereocenters. The number of nitrogens with one attached hydrogen (secondary N) is 2. The Labute approximate surface area is 198 Å². The Morgan fingerprint density at radius 1 is 0.941 bits per heavy atom. The van der Waals surface area contributed by atoms with Crippen LogP contribution in [0.2, 0.25) is 0 Å². The maximum atomic E-state index is 5.48. The summed E-state index contributed by atoms with van der Waals surface area (Å²) in [6, 6.07) is 5.58. The van der Waals surface area contributed by atoms with Crippen LogP contribution in [0.4, 0.5) is 23.3 Å². The molecular weight excluding hydrogens is 456 g/mol. The number of thiophene rings is 1. The molecule has 0 fully saturated rings. The first-order valence-electron chi connectivity index (χ1n) is 10.1. The molecule has 0 spiro atoms. The lowest BCUT2D eigenvalue weighted by atomic mass is 10.2. The molecule has 172 valence electrons. The van der Waals surface area contributed by atoms with Crippen LogP contribution in [0.3, 0.4) is 0 Å². The van der Waals surface area contributed by atoms with Crippen LogP contribution in [0.1, 0.15) is 0 Å². The predicted octanol–water partition coefficient (Wildman–Crippen LogP) is 4.18. The van der Waals surface area contributed by atoms with Crippen LogP contribution in [-0.2, 0) is 0 Å². The van der Waals surface area contributed by atoms with E-state index in [4.69, 9.17) is 14.2 Å². The molecule has 0 unspecified atom stereocenters. The zero-order valence-electron chi connectivity index (χ0n) is 18.5. The van der Waals surface area contributed by atoms with Gasteiger partial charge in [0, 0.05) is 35.6 Å². The SMILES string of the molecule is COc1cc(Nc2nc(Nc3cnccn3)nc3c2ncn3-c2ccsc2)cc(OC)c1OC. The van der Waals surface area contributed by atoms with E-state index in [1.54, 1.807) is 69.7 Å². The molecule has 0 saturated heterocycles. The number of hydrogen-bond donors (Lipinski definition) is 2. The van der Waals surface area contributed by atoms with E-state index in [2.05, 4.69) is 35.6 Å². The average Bonchev–Trinajstić information content (AvgIpc) is 3.54. The average molecular weight is 477 g/mol. The van der Waals surface area contributed by atoms with Gasteiger partial charge < -0.3 is 24.8 Å². The van der Waals surface area contributed by atoms with Crippen LogP contribution in [0.25, 0.3) is 16.9 Å². The summed E-state index contributed by atoms with van der Waals surface area (Å²) < 4.78 is 18.3. The standard InChI is InChI=1S/C22H20N8O3S/c1-31-15-8-13(9-16(32-2)19(15)33-3)26-20-18-21(30(12-25-18)14-4-7-34-11-14)29-22(28-20)27-17-10-23-5-6-24-17/h4-12H,1-3H3,(H2,24,26,27,28,29). The third-order valence-corrected chi connectivity index (χ3v) is 5.58. The molecule has 2 N–H and O–H groups in total. The van der Waals surface area contributed by atoms with Crippen molar-refractivity contribution in [3.05, 3.63) is 53.9 Å². The molecule has 5 rings (SSSR count). The van der Waals surface area contributed by atoms with Gasteiger partial charge in [0.1, 0.15) is 6.33 Å². The molecule has 0 aliphatic heterocycles. The molecule has 0 radical (unpaired) electrons. The smallest absolute Gasteiger partial charge is 0.232 e. The molecule has 4 heterocycles. The summed E-state index contributed by atoms with van der Waals surface area (Å²) in [5, 5.41) is 10.4. The lowest BCUT2D eigenvalue weighted by Crippen LogP contribution is -2.05. The fraction of sp³-hybridized carbons (Fsp3) is 0.136. The summed E-state index contributed by atoms with van der Waals surface area (Å²) in [4.78, 5) is 22.3. The minimum Gasteiger partial charge on any atom is -0.493 e. The lowest BCUT2D eigenvalue weighted by Gasteiger charge is -2.15. The number of fused-ring (bicyclic) bond motifs is 1. The first-order chi connectivity index (χ1) is 16.7. The summed E-state index contributed by atoms with van der Waals surface area (Å²) in [6.45, 7) is 0. The highest BCUT2D eigenvalue weighted by Crippen LogP contribution is 2.41. The Morgan fingerprint density at radius 2 is 1.76 bits per heavy atom. The third-order valence-electron chi connectivity index (χ3n) is 4.91. The van der Waals surface area contributed by atoms with Crippen molar-refractivity contribution in [3.63, 3.8) is 0 Å². The number of benzene rings is 1. The quantitative estimate of drug-likeness (QED) is 0.337. The lowest BCUT2D eigenvalue weighted by molar-refractivity contribution is 0.324. The van der Waals surface area contributed by atoms with Crippen molar-refractivity contribution in [2.75, 3.05) is 32.0 Å². The van der Waals surface area contributed by atoms with Gasteiger partial charge in [-0.1, -0.05) is 0 Å². The van der Waals surface area contributed by atoms with Crippen LogP contribution in [-0.4, -0.2) is 50.8 Å². The van der Waals surface area contributed by atoms with Crippen molar-refractivity contribution < 1.29 is 14.2 Å².